The monoisotopic (exact) mass is 468 g/mol. The molecule has 2 aromatic carbocycles. The van der Waals surface area contributed by atoms with Gasteiger partial charge >= 0.3 is 5.97 Å². The molecule has 2 heterocycles. The van der Waals surface area contributed by atoms with Crippen LogP contribution < -0.4 is 4.74 Å². The van der Waals surface area contributed by atoms with E-state index < -0.39 is 5.97 Å². The molecule has 1 fully saturated rings. The molecule has 1 saturated heterocycles. The molecular weight excluding hydrogens is 452 g/mol. The number of hydrogen-bond donors (Lipinski definition) is 1. The number of aliphatic imine (C=N–C) groups is 1. The number of benzene rings is 2. The first-order valence-electron chi connectivity index (χ1n) is 9.39. The Balaban J connectivity index is 1.58. The topological polar surface area (TPSA) is 92.3 Å². The number of furan rings is 1. The van der Waals surface area contributed by atoms with Crippen LogP contribution in [0, 0.1) is 0 Å². The van der Waals surface area contributed by atoms with Gasteiger partial charge in [0.1, 0.15) is 17.3 Å². The van der Waals surface area contributed by atoms with E-state index in [0.29, 0.717) is 32.8 Å². The fourth-order valence-electron chi connectivity index (χ4n) is 2.98. The van der Waals surface area contributed by atoms with Gasteiger partial charge in [0.15, 0.2) is 5.17 Å². The Morgan fingerprint density at radius 2 is 1.94 bits per heavy atom. The van der Waals surface area contributed by atoms with Crippen molar-refractivity contribution in [3.05, 3.63) is 75.8 Å². The quantitative estimate of drug-likeness (QED) is 0.494. The third kappa shape index (κ3) is 4.42. The second kappa shape index (κ2) is 8.94. The number of hydrogen-bond acceptors (Lipinski definition) is 6. The second-order valence-electron chi connectivity index (χ2n) is 6.77. The lowest BCUT2D eigenvalue weighted by molar-refractivity contribution is -0.121. The fourth-order valence-corrected chi connectivity index (χ4v) is 4.14. The molecule has 1 amide bonds. The summed E-state index contributed by atoms with van der Waals surface area (Å²) in [6.07, 6.45) is 1.64. The van der Waals surface area contributed by atoms with Gasteiger partial charge in [-0.3, -0.25) is 9.69 Å². The normalized spacial score (nSPS) is 16.2. The Labute approximate surface area is 193 Å². The van der Waals surface area contributed by atoms with Gasteiger partial charge < -0.3 is 14.3 Å². The van der Waals surface area contributed by atoms with E-state index in [0.717, 1.165) is 5.75 Å². The average molecular weight is 469 g/mol. The van der Waals surface area contributed by atoms with E-state index in [9.17, 15) is 14.7 Å². The smallest absolute Gasteiger partial charge is 0.337 e. The molecule has 0 atom stereocenters. The zero-order valence-electron chi connectivity index (χ0n) is 17.0. The van der Waals surface area contributed by atoms with Gasteiger partial charge in [-0.1, -0.05) is 11.6 Å². The lowest BCUT2D eigenvalue weighted by atomic mass is 10.1. The zero-order chi connectivity index (χ0) is 22.8. The summed E-state index contributed by atoms with van der Waals surface area (Å²) in [5, 5.41) is 9.95. The zero-order valence-corrected chi connectivity index (χ0v) is 18.6. The number of aromatic carboxylic acids is 1. The summed E-state index contributed by atoms with van der Waals surface area (Å²) in [6, 6.07) is 15.3. The van der Waals surface area contributed by atoms with E-state index in [1.807, 2.05) is 12.1 Å². The van der Waals surface area contributed by atoms with Gasteiger partial charge in [0.05, 0.1) is 28.3 Å². The van der Waals surface area contributed by atoms with Crippen LogP contribution in [-0.4, -0.2) is 41.2 Å². The van der Waals surface area contributed by atoms with Crippen molar-refractivity contribution in [2.24, 2.45) is 4.99 Å². The molecule has 0 unspecified atom stereocenters. The number of likely N-dealkylation sites (N-methyl/N-ethyl adjacent to an activating group) is 1. The van der Waals surface area contributed by atoms with Crippen LogP contribution >= 0.6 is 23.4 Å². The maximum absolute atomic E-state index is 12.7. The van der Waals surface area contributed by atoms with Crippen LogP contribution in [0.3, 0.4) is 0 Å². The minimum Gasteiger partial charge on any atom is -0.497 e. The van der Waals surface area contributed by atoms with Gasteiger partial charge in [0.25, 0.3) is 5.91 Å². The number of carboxylic acids is 1. The van der Waals surface area contributed by atoms with Gasteiger partial charge in [-0.2, -0.15) is 0 Å². The number of carboxylic acid groups (broad SMARTS) is 1. The molecule has 1 aromatic heterocycles. The Morgan fingerprint density at radius 3 is 2.62 bits per heavy atom. The highest BCUT2D eigenvalue weighted by atomic mass is 35.5. The van der Waals surface area contributed by atoms with E-state index >= 15 is 0 Å². The number of amides is 1. The van der Waals surface area contributed by atoms with Crippen molar-refractivity contribution in [2.45, 2.75) is 0 Å². The second-order valence-corrected chi connectivity index (χ2v) is 8.19. The maximum Gasteiger partial charge on any atom is 0.337 e. The van der Waals surface area contributed by atoms with Crippen LogP contribution in [0.15, 0.2) is 68.9 Å². The first kappa shape index (κ1) is 21.7. The Kier molecular flexibility index (Phi) is 6.07. The van der Waals surface area contributed by atoms with Crippen LogP contribution in [0.2, 0.25) is 5.02 Å². The first-order chi connectivity index (χ1) is 15.4. The predicted molar refractivity (Wildman–Crippen MR) is 125 cm³/mol. The van der Waals surface area contributed by atoms with Crippen molar-refractivity contribution in [2.75, 3.05) is 14.2 Å². The lowest BCUT2D eigenvalue weighted by Gasteiger charge is -2.07. The van der Waals surface area contributed by atoms with Crippen LogP contribution in [0.5, 0.6) is 5.75 Å². The molecule has 0 bridgehead atoms. The molecule has 0 spiro atoms. The summed E-state index contributed by atoms with van der Waals surface area (Å²) >= 11 is 7.17. The van der Waals surface area contributed by atoms with Gasteiger partial charge in [-0.25, -0.2) is 9.79 Å². The third-order valence-electron chi connectivity index (χ3n) is 4.68. The molecule has 32 heavy (non-hydrogen) atoms. The maximum atomic E-state index is 12.7. The summed E-state index contributed by atoms with van der Waals surface area (Å²) in [4.78, 5) is 30.4. The molecule has 0 aliphatic carbocycles. The largest absolute Gasteiger partial charge is 0.497 e. The number of thioether (sulfide) groups is 1. The fraction of sp³-hybridized carbons (Fsp3) is 0.0870. The van der Waals surface area contributed by atoms with Crippen molar-refractivity contribution in [1.29, 1.82) is 0 Å². The van der Waals surface area contributed by atoms with Crippen molar-refractivity contribution in [1.82, 2.24) is 4.90 Å². The molecule has 4 rings (SSSR count). The number of amidine groups is 1. The van der Waals surface area contributed by atoms with Crippen LogP contribution in [-0.2, 0) is 4.79 Å². The number of rotatable bonds is 5. The van der Waals surface area contributed by atoms with Crippen LogP contribution in [0.25, 0.3) is 17.4 Å². The standard InChI is InChI=1S/C23H17ClN2O5S/c1-26-21(27)20(32-23(26)25-14-4-6-15(30-2)7-5-14)12-16-8-10-19(31-16)13-3-9-18(24)17(11-13)22(28)29/h3-12H,1-2H3,(H,28,29). The summed E-state index contributed by atoms with van der Waals surface area (Å²) in [5.74, 6) is 0.335. The SMILES string of the molecule is COc1ccc(N=C2SC(=Cc3ccc(-c4ccc(Cl)c(C(=O)O)c4)o3)C(=O)N2C)cc1. The van der Waals surface area contributed by atoms with E-state index in [1.54, 1.807) is 50.6 Å². The number of carbonyl (C=O) groups excluding carboxylic acids is 1. The number of nitrogens with zero attached hydrogens (tertiary/aromatic N) is 2. The highest BCUT2D eigenvalue weighted by molar-refractivity contribution is 8.18. The van der Waals surface area contributed by atoms with Crippen molar-refractivity contribution < 1.29 is 23.8 Å². The minimum atomic E-state index is -1.12. The van der Waals surface area contributed by atoms with Gasteiger partial charge in [0, 0.05) is 18.7 Å². The van der Waals surface area contributed by atoms with E-state index in [-0.39, 0.29) is 16.5 Å². The molecule has 0 radical (unpaired) electrons. The Bertz CT molecular complexity index is 1260. The van der Waals surface area contributed by atoms with E-state index in [1.165, 1.54) is 28.8 Å². The summed E-state index contributed by atoms with van der Waals surface area (Å²) in [6.45, 7) is 0. The molecule has 0 saturated carbocycles. The highest BCUT2D eigenvalue weighted by Gasteiger charge is 2.30. The molecular formula is C23H17ClN2O5S. The van der Waals surface area contributed by atoms with Gasteiger partial charge in [-0.05, 0) is 66.4 Å². The summed E-state index contributed by atoms with van der Waals surface area (Å²) in [7, 11) is 3.25. The Hall–Kier alpha value is -3.49. The molecule has 1 aliphatic heterocycles. The number of methoxy groups -OCH3 is 1. The number of ether oxygens (including phenoxy) is 1. The van der Waals surface area contributed by atoms with Crippen LogP contribution in [0.1, 0.15) is 16.1 Å². The van der Waals surface area contributed by atoms with Crippen molar-refractivity contribution in [3.63, 3.8) is 0 Å². The molecule has 9 heteroatoms. The minimum absolute atomic E-state index is 0.0111. The molecule has 3 aromatic rings. The third-order valence-corrected chi connectivity index (χ3v) is 6.07. The van der Waals surface area contributed by atoms with Crippen molar-refractivity contribution in [3.8, 4) is 17.1 Å². The highest BCUT2D eigenvalue weighted by Crippen LogP contribution is 2.34. The molecule has 7 nitrogen and oxygen atoms in total. The number of halogens is 1. The molecule has 1 aliphatic rings. The average Bonchev–Trinajstić information content (AvgIpc) is 3.35. The predicted octanol–water partition coefficient (Wildman–Crippen LogP) is 5.54. The number of carbonyl (C=O) groups is 2. The Morgan fingerprint density at radius 1 is 1.19 bits per heavy atom. The lowest BCUT2D eigenvalue weighted by Crippen LogP contribution is -2.23. The van der Waals surface area contributed by atoms with Gasteiger partial charge in [-0.15, -0.1) is 0 Å². The summed E-state index contributed by atoms with van der Waals surface area (Å²) in [5.41, 5.74) is 1.26. The van der Waals surface area contributed by atoms with Gasteiger partial charge in [0.2, 0.25) is 0 Å². The van der Waals surface area contributed by atoms with Crippen molar-refractivity contribution >= 4 is 52.2 Å². The van der Waals surface area contributed by atoms with E-state index in [2.05, 4.69) is 4.99 Å². The van der Waals surface area contributed by atoms with E-state index in [4.69, 9.17) is 20.8 Å². The van der Waals surface area contributed by atoms with Crippen LogP contribution in [0.4, 0.5) is 5.69 Å². The molecule has 162 valence electrons. The molecule has 1 N–H and O–H groups in total. The first-order valence-corrected chi connectivity index (χ1v) is 10.6. The summed E-state index contributed by atoms with van der Waals surface area (Å²) < 4.78 is 11.0.